The van der Waals surface area contributed by atoms with Crippen LogP contribution in [0.2, 0.25) is 0 Å². The van der Waals surface area contributed by atoms with Crippen LogP contribution >= 0.6 is 0 Å². The van der Waals surface area contributed by atoms with Crippen LogP contribution in [0.4, 0.5) is 5.69 Å². The molecule has 2 heteroatoms. The van der Waals surface area contributed by atoms with E-state index in [1.807, 2.05) is 30.3 Å². The molecule has 0 bridgehead atoms. The van der Waals surface area contributed by atoms with Crippen LogP contribution in [0, 0.1) is 12.0 Å². The van der Waals surface area contributed by atoms with Gasteiger partial charge in [0.1, 0.15) is 12.4 Å². The lowest BCUT2D eigenvalue weighted by atomic mass is 9.90. The van der Waals surface area contributed by atoms with E-state index >= 15 is 0 Å². The number of piperidine rings is 1. The van der Waals surface area contributed by atoms with E-state index in [0.29, 0.717) is 6.61 Å². The van der Waals surface area contributed by atoms with Crippen molar-refractivity contribution in [1.82, 2.24) is 0 Å². The topological polar surface area (TPSA) is 12.5 Å². The molecule has 1 fully saturated rings. The lowest BCUT2D eigenvalue weighted by Crippen LogP contribution is -2.34. The summed E-state index contributed by atoms with van der Waals surface area (Å²) in [6.45, 7) is 2.79. The van der Waals surface area contributed by atoms with Crippen LogP contribution in [0.15, 0.2) is 78.9 Å². The van der Waals surface area contributed by atoms with Gasteiger partial charge in [0.05, 0.1) is 0 Å². The zero-order valence-corrected chi connectivity index (χ0v) is 15.7. The Morgan fingerprint density at radius 2 is 1.52 bits per heavy atom. The van der Waals surface area contributed by atoms with E-state index < -0.39 is 0 Å². The summed E-state index contributed by atoms with van der Waals surface area (Å²) < 4.78 is 5.98. The van der Waals surface area contributed by atoms with Crippen LogP contribution in [0.1, 0.15) is 24.0 Å². The Balaban J connectivity index is 1.32. The molecule has 0 N–H and O–H groups in total. The predicted octanol–water partition coefficient (Wildman–Crippen LogP) is 5.52. The van der Waals surface area contributed by atoms with Gasteiger partial charge in [-0.3, -0.25) is 0 Å². The molecule has 137 valence electrons. The summed E-state index contributed by atoms with van der Waals surface area (Å²) in [5.74, 6) is 1.69. The second-order valence-corrected chi connectivity index (χ2v) is 7.30. The summed E-state index contributed by atoms with van der Waals surface area (Å²) in [5.41, 5.74) is 3.80. The molecule has 0 spiro atoms. The molecular formula is C25H26NO. The van der Waals surface area contributed by atoms with Crippen LogP contribution in [0.25, 0.3) is 0 Å². The molecule has 4 rings (SSSR count). The Hall–Kier alpha value is -2.74. The highest BCUT2D eigenvalue weighted by atomic mass is 16.5. The second kappa shape index (κ2) is 8.77. The van der Waals surface area contributed by atoms with Crippen molar-refractivity contribution in [2.24, 2.45) is 5.92 Å². The predicted molar refractivity (Wildman–Crippen MR) is 111 cm³/mol. The first-order valence-electron chi connectivity index (χ1n) is 9.84. The molecule has 1 aliphatic rings. The largest absolute Gasteiger partial charge is 0.489 e. The third-order valence-electron chi connectivity index (χ3n) is 5.33. The third-order valence-corrected chi connectivity index (χ3v) is 5.33. The zero-order chi connectivity index (χ0) is 18.3. The maximum Gasteiger partial charge on any atom is 0.121 e. The molecule has 0 amide bonds. The average molecular weight is 356 g/mol. The number of hydrogen-bond acceptors (Lipinski definition) is 2. The highest BCUT2D eigenvalue weighted by molar-refractivity contribution is 5.50. The first-order valence-corrected chi connectivity index (χ1v) is 9.84. The van der Waals surface area contributed by atoms with Crippen molar-refractivity contribution in [3.8, 4) is 5.75 Å². The highest BCUT2D eigenvalue weighted by Crippen LogP contribution is 2.28. The van der Waals surface area contributed by atoms with E-state index in [-0.39, 0.29) is 0 Å². The summed E-state index contributed by atoms with van der Waals surface area (Å²) in [7, 11) is 0. The summed E-state index contributed by atoms with van der Waals surface area (Å²) in [6.07, 6.45) is 3.66. The van der Waals surface area contributed by atoms with Gasteiger partial charge in [-0.25, -0.2) is 0 Å². The minimum Gasteiger partial charge on any atom is -0.489 e. The first-order chi connectivity index (χ1) is 13.4. The Labute approximate surface area is 162 Å². The van der Waals surface area contributed by atoms with Crippen molar-refractivity contribution in [1.29, 1.82) is 0 Å². The summed E-state index contributed by atoms with van der Waals surface area (Å²) in [4.78, 5) is 2.44. The quantitative estimate of drug-likeness (QED) is 0.576. The summed E-state index contributed by atoms with van der Waals surface area (Å²) in [6, 6.07) is 30.6. The number of rotatable bonds is 6. The fourth-order valence-electron chi connectivity index (χ4n) is 3.77. The van der Waals surface area contributed by atoms with Crippen molar-refractivity contribution in [2.75, 3.05) is 18.0 Å². The van der Waals surface area contributed by atoms with Crippen LogP contribution in [0.5, 0.6) is 5.75 Å². The Morgan fingerprint density at radius 1 is 0.852 bits per heavy atom. The van der Waals surface area contributed by atoms with Gasteiger partial charge in [-0.2, -0.15) is 0 Å². The number of anilines is 1. The van der Waals surface area contributed by atoms with Crippen LogP contribution in [-0.2, 0) is 13.0 Å². The molecule has 1 aliphatic heterocycles. The standard InChI is InChI=1S/C25H26NO/c1-3-8-21(9-4-1)18-22-14-16-26(17-15-22)24-12-7-13-25(19-24)27-20-23-10-5-2-6-11-23/h1-11,13,19,22H,14-18,20H2. The lowest BCUT2D eigenvalue weighted by Gasteiger charge is -2.33. The smallest absolute Gasteiger partial charge is 0.121 e. The Kier molecular flexibility index (Phi) is 5.73. The van der Waals surface area contributed by atoms with Gasteiger partial charge in [-0.15, -0.1) is 0 Å². The van der Waals surface area contributed by atoms with Gasteiger partial charge in [0.2, 0.25) is 0 Å². The molecule has 0 unspecified atom stereocenters. The molecule has 1 heterocycles. The normalized spacial score (nSPS) is 14.9. The van der Waals surface area contributed by atoms with Crippen LogP contribution < -0.4 is 9.64 Å². The molecule has 1 radical (unpaired) electrons. The molecule has 0 aliphatic carbocycles. The van der Waals surface area contributed by atoms with Gasteiger partial charge >= 0.3 is 0 Å². The monoisotopic (exact) mass is 356 g/mol. The minimum atomic E-state index is 0.601. The van der Waals surface area contributed by atoms with E-state index in [0.717, 1.165) is 30.4 Å². The molecule has 3 aromatic carbocycles. The summed E-state index contributed by atoms with van der Waals surface area (Å²) >= 11 is 0. The SMILES string of the molecule is [c]1ccc(OCc2ccccc2)cc1N1CCC(Cc2ccccc2)CC1. The van der Waals surface area contributed by atoms with Gasteiger partial charge < -0.3 is 9.64 Å². The highest BCUT2D eigenvalue weighted by Gasteiger charge is 2.20. The van der Waals surface area contributed by atoms with Crippen molar-refractivity contribution < 1.29 is 4.74 Å². The molecule has 27 heavy (non-hydrogen) atoms. The van der Waals surface area contributed by atoms with E-state index in [1.54, 1.807) is 0 Å². The van der Waals surface area contributed by atoms with Gasteiger partial charge in [0, 0.05) is 30.9 Å². The van der Waals surface area contributed by atoms with Crippen LogP contribution in [-0.4, -0.2) is 13.1 Å². The number of hydrogen-bond donors (Lipinski definition) is 0. The lowest BCUT2D eigenvalue weighted by molar-refractivity contribution is 0.306. The van der Waals surface area contributed by atoms with Crippen LogP contribution in [0.3, 0.4) is 0 Å². The van der Waals surface area contributed by atoms with Gasteiger partial charge in [-0.1, -0.05) is 60.7 Å². The first kappa shape index (κ1) is 17.7. The Morgan fingerprint density at radius 3 is 2.22 bits per heavy atom. The molecular weight excluding hydrogens is 330 g/mol. The molecule has 0 saturated carbocycles. The maximum absolute atomic E-state index is 5.98. The van der Waals surface area contributed by atoms with E-state index in [9.17, 15) is 0 Å². The summed E-state index contributed by atoms with van der Waals surface area (Å²) in [5, 5.41) is 0. The molecule has 0 atom stereocenters. The zero-order valence-electron chi connectivity index (χ0n) is 15.7. The fourth-order valence-corrected chi connectivity index (χ4v) is 3.77. The molecule has 0 aromatic heterocycles. The van der Waals surface area contributed by atoms with Crippen molar-refractivity contribution in [3.63, 3.8) is 0 Å². The number of ether oxygens (including phenoxy) is 1. The van der Waals surface area contributed by atoms with Crippen molar-refractivity contribution >= 4 is 5.69 Å². The fraction of sp³-hybridized carbons (Fsp3) is 0.280. The number of benzene rings is 3. The maximum atomic E-state index is 5.98. The molecule has 2 nitrogen and oxygen atoms in total. The average Bonchev–Trinajstić information content (AvgIpc) is 2.75. The van der Waals surface area contributed by atoms with Crippen molar-refractivity contribution in [3.05, 3.63) is 96.1 Å². The molecule has 3 aromatic rings. The van der Waals surface area contributed by atoms with Gasteiger partial charge in [0.25, 0.3) is 0 Å². The third kappa shape index (κ3) is 4.91. The van der Waals surface area contributed by atoms with Gasteiger partial charge in [-0.05, 0) is 48.4 Å². The van der Waals surface area contributed by atoms with Crippen molar-refractivity contribution in [2.45, 2.75) is 25.9 Å². The van der Waals surface area contributed by atoms with E-state index in [4.69, 9.17) is 4.74 Å². The van der Waals surface area contributed by atoms with E-state index in [2.05, 4.69) is 59.5 Å². The molecule has 1 saturated heterocycles. The van der Waals surface area contributed by atoms with Gasteiger partial charge in [0.15, 0.2) is 0 Å². The number of nitrogens with zero attached hydrogens (tertiary/aromatic N) is 1. The van der Waals surface area contributed by atoms with E-state index in [1.165, 1.54) is 30.4 Å². The Bertz CT molecular complexity index is 823. The second-order valence-electron chi connectivity index (χ2n) is 7.30. The minimum absolute atomic E-state index is 0.601.